The van der Waals surface area contributed by atoms with Crippen molar-refractivity contribution in [2.24, 2.45) is 5.92 Å². The Balaban J connectivity index is 4.20. The number of hydrogen-bond acceptors (Lipinski definition) is 2. The summed E-state index contributed by atoms with van der Waals surface area (Å²) in [7, 11) is 0. The summed E-state index contributed by atoms with van der Waals surface area (Å²) in [5.41, 5.74) is 0. The van der Waals surface area contributed by atoms with Gasteiger partial charge >= 0.3 is 0 Å². The number of ketones is 2. The third-order valence-corrected chi connectivity index (χ3v) is 1.63. The molecular formula is C9H14O2. The molecule has 0 heterocycles. The largest absolute Gasteiger partial charge is 0.299 e. The number of carbonyl (C=O) groups is 2. The molecule has 0 rings (SSSR count). The predicted molar refractivity (Wildman–Crippen MR) is 44.3 cm³/mol. The molecular weight excluding hydrogens is 140 g/mol. The molecule has 2 nitrogen and oxygen atoms in total. The van der Waals surface area contributed by atoms with Gasteiger partial charge in [-0.1, -0.05) is 13.0 Å². The summed E-state index contributed by atoms with van der Waals surface area (Å²) < 4.78 is 0. The molecule has 11 heavy (non-hydrogen) atoms. The molecule has 1 unspecified atom stereocenters. The highest BCUT2D eigenvalue weighted by Crippen LogP contribution is 2.08. The van der Waals surface area contributed by atoms with E-state index in [1.807, 2.05) is 0 Å². The number of hydrogen-bond donors (Lipinski definition) is 0. The quantitative estimate of drug-likeness (QED) is 0.446. The smallest absolute Gasteiger partial charge is 0.143 e. The van der Waals surface area contributed by atoms with E-state index in [9.17, 15) is 9.59 Å². The molecule has 0 aromatic rings. The normalized spacial score (nSPS) is 12.2. The van der Waals surface area contributed by atoms with Crippen molar-refractivity contribution in [3.05, 3.63) is 12.7 Å². The van der Waals surface area contributed by atoms with E-state index in [1.54, 1.807) is 13.0 Å². The van der Waals surface area contributed by atoms with Crippen LogP contribution in [0.15, 0.2) is 12.7 Å². The van der Waals surface area contributed by atoms with Crippen LogP contribution in [0.5, 0.6) is 0 Å². The zero-order valence-electron chi connectivity index (χ0n) is 7.09. The Hall–Kier alpha value is -0.920. The third kappa shape index (κ3) is 3.12. The average Bonchev–Trinajstić information content (AvgIpc) is 1.98. The van der Waals surface area contributed by atoms with Crippen molar-refractivity contribution in [2.45, 2.75) is 26.7 Å². The fourth-order valence-corrected chi connectivity index (χ4v) is 0.937. The summed E-state index contributed by atoms with van der Waals surface area (Å²) in [4.78, 5) is 21.9. The number of carbonyl (C=O) groups excluding carboxylic acids is 2. The van der Waals surface area contributed by atoms with Crippen LogP contribution in [-0.2, 0) is 9.59 Å². The first-order valence-electron chi connectivity index (χ1n) is 3.77. The summed E-state index contributed by atoms with van der Waals surface area (Å²) in [6.07, 6.45) is 2.51. The Morgan fingerprint density at radius 2 is 2.09 bits per heavy atom. The van der Waals surface area contributed by atoms with Crippen molar-refractivity contribution < 1.29 is 9.59 Å². The maximum absolute atomic E-state index is 11.1. The summed E-state index contributed by atoms with van der Waals surface area (Å²) in [5, 5.41) is 0. The Morgan fingerprint density at radius 3 is 2.36 bits per heavy atom. The molecule has 0 fully saturated rings. The van der Waals surface area contributed by atoms with Crippen LogP contribution < -0.4 is 0 Å². The van der Waals surface area contributed by atoms with Crippen molar-refractivity contribution in [1.82, 2.24) is 0 Å². The topological polar surface area (TPSA) is 34.1 Å². The second-order valence-electron chi connectivity index (χ2n) is 2.51. The first-order chi connectivity index (χ1) is 5.13. The van der Waals surface area contributed by atoms with Gasteiger partial charge in [0.1, 0.15) is 11.6 Å². The Kier molecular flexibility index (Phi) is 4.42. The lowest BCUT2D eigenvalue weighted by Crippen LogP contribution is -2.20. The van der Waals surface area contributed by atoms with Crippen molar-refractivity contribution in [3.8, 4) is 0 Å². The number of rotatable bonds is 5. The van der Waals surface area contributed by atoms with Gasteiger partial charge in [0.15, 0.2) is 0 Å². The molecule has 0 N–H and O–H groups in total. The molecule has 2 heteroatoms. The van der Waals surface area contributed by atoms with Gasteiger partial charge in [-0.3, -0.25) is 9.59 Å². The van der Waals surface area contributed by atoms with Crippen molar-refractivity contribution >= 4 is 11.6 Å². The predicted octanol–water partition coefficient (Wildman–Crippen LogP) is 1.75. The second-order valence-corrected chi connectivity index (χ2v) is 2.51. The van der Waals surface area contributed by atoms with Gasteiger partial charge in [0, 0.05) is 6.42 Å². The van der Waals surface area contributed by atoms with Crippen LogP contribution in [0, 0.1) is 5.92 Å². The Bertz CT molecular complexity index is 170. The van der Waals surface area contributed by atoms with Gasteiger partial charge in [-0.05, 0) is 13.3 Å². The third-order valence-electron chi connectivity index (χ3n) is 1.63. The van der Waals surface area contributed by atoms with Gasteiger partial charge in [0.2, 0.25) is 0 Å². The molecule has 0 saturated heterocycles. The van der Waals surface area contributed by atoms with Gasteiger partial charge in [-0.15, -0.1) is 6.58 Å². The van der Waals surface area contributed by atoms with Gasteiger partial charge in [-0.2, -0.15) is 0 Å². The van der Waals surface area contributed by atoms with Crippen molar-refractivity contribution in [3.63, 3.8) is 0 Å². The first kappa shape index (κ1) is 10.1. The molecule has 0 aliphatic rings. The first-order valence-corrected chi connectivity index (χ1v) is 3.77. The van der Waals surface area contributed by atoms with Gasteiger partial charge in [0.25, 0.3) is 0 Å². The van der Waals surface area contributed by atoms with Gasteiger partial charge < -0.3 is 0 Å². The number of allylic oxidation sites excluding steroid dienone is 1. The molecule has 0 spiro atoms. The lowest BCUT2D eigenvalue weighted by Gasteiger charge is -2.07. The highest BCUT2D eigenvalue weighted by molar-refractivity contribution is 6.01. The van der Waals surface area contributed by atoms with E-state index in [4.69, 9.17) is 0 Å². The monoisotopic (exact) mass is 154 g/mol. The molecule has 62 valence electrons. The van der Waals surface area contributed by atoms with E-state index < -0.39 is 5.92 Å². The van der Waals surface area contributed by atoms with E-state index in [-0.39, 0.29) is 11.6 Å². The van der Waals surface area contributed by atoms with E-state index in [0.29, 0.717) is 12.8 Å². The Morgan fingerprint density at radius 1 is 1.55 bits per heavy atom. The van der Waals surface area contributed by atoms with Gasteiger partial charge in [0.05, 0.1) is 5.92 Å². The Labute approximate surface area is 67.3 Å². The highest BCUT2D eigenvalue weighted by Gasteiger charge is 2.19. The maximum Gasteiger partial charge on any atom is 0.143 e. The van der Waals surface area contributed by atoms with Gasteiger partial charge in [-0.25, -0.2) is 0 Å². The summed E-state index contributed by atoms with van der Waals surface area (Å²) in [6.45, 7) is 6.71. The standard InChI is InChI=1S/C9H14O2/c1-4-6-8(7(3)10)9(11)5-2/h4,8H,1,5-6H2,2-3H3. The van der Waals surface area contributed by atoms with Crippen LogP contribution in [0.25, 0.3) is 0 Å². The second kappa shape index (κ2) is 4.83. The molecule has 0 amide bonds. The minimum Gasteiger partial charge on any atom is -0.299 e. The van der Waals surface area contributed by atoms with Crippen molar-refractivity contribution in [1.29, 1.82) is 0 Å². The highest BCUT2D eigenvalue weighted by atomic mass is 16.1. The molecule has 1 atom stereocenters. The van der Waals surface area contributed by atoms with Crippen LogP contribution in [0.1, 0.15) is 26.7 Å². The zero-order chi connectivity index (χ0) is 8.85. The minimum absolute atomic E-state index is 0.0115. The van der Waals surface area contributed by atoms with E-state index in [0.717, 1.165) is 0 Å². The van der Waals surface area contributed by atoms with Crippen LogP contribution >= 0.6 is 0 Å². The average molecular weight is 154 g/mol. The number of Topliss-reactive ketones (excluding diaryl/α,β-unsaturated/α-hetero) is 2. The molecule has 0 saturated carbocycles. The summed E-state index contributed by atoms with van der Waals surface area (Å²) in [5.74, 6) is -0.494. The van der Waals surface area contributed by atoms with Crippen molar-refractivity contribution in [2.75, 3.05) is 0 Å². The fraction of sp³-hybridized carbons (Fsp3) is 0.556. The van der Waals surface area contributed by atoms with Crippen LogP contribution in [0.2, 0.25) is 0 Å². The summed E-state index contributed by atoms with van der Waals surface area (Å²) >= 11 is 0. The molecule has 0 aliphatic carbocycles. The van der Waals surface area contributed by atoms with Crippen LogP contribution in [0.4, 0.5) is 0 Å². The lowest BCUT2D eigenvalue weighted by molar-refractivity contribution is -0.131. The van der Waals surface area contributed by atoms with E-state index >= 15 is 0 Å². The van der Waals surface area contributed by atoms with Crippen LogP contribution in [-0.4, -0.2) is 11.6 Å². The maximum atomic E-state index is 11.1. The molecule has 0 radical (unpaired) electrons. The van der Waals surface area contributed by atoms with Crippen LogP contribution in [0.3, 0.4) is 0 Å². The fourth-order valence-electron chi connectivity index (χ4n) is 0.937. The molecule has 0 aromatic heterocycles. The summed E-state index contributed by atoms with van der Waals surface area (Å²) in [6, 6.07) is 0. The molecule has 0 aliphatic heterocycles. The molecule has 0 bridgehead atoms. The molecule has 0 aromatic carbocycles. The lowest BCUT2D eigenvalue weighted by atomic mass is 9.95. The SMILES string of the molecule is C=CCC(C(C)=O)C(=O)CC. The van der Waals surface area contributed by atoms with E-state index in [1.165, 1.54) is 6.92 Å². The van der Waals surface area contributed by atoms with E-state index in [2.05, 4.69) is 6.58 Å². The zero-order valence-corrected chi connectivity index (χ0v) is 7.09. The minimum atomic E-state index is -0.447.